The summed E-state index contributed by atoms with van der Waals surface area (Å²) in [6.45, 7) is 3.07. The van der Waals surface area contributed by atoms with Gasteiger partial charge in [-0.1, -0.05) is 12.8 Å². The van der Waals surface area contributed by atoms with E-state index in [1.165, 1.54) is 25.7 Å². The lowest BCUT2D eigenvalue weighted by molar-refractivity contribution is -0.205. The number of amides is 1. The van der Waals surface area contributed by atoms with Crippen LogP contribution in [-0.2, 0) is 14.3 Å². The second kappa shape index (κ2) is 6.23. The fraction of sp³-hybridized carbons (Fsp3) is 0.938. The van der Waals surface area contributed by atoms with Gasteiger partial charge < -0.3 is 14.4 Å². The molecule has 3 rings (SSSR count). The molecule has 5 heteroatoms. The smallest absolute Gasteiger partial charge is 0.248 e. The molecule has 120 valence electrons. The molecule has 1 atom stereocenters. The first-order valence-electron chi connectivity index (χ1n) is 8.28. The highest BCUT2D eigenvalue weighted by Gasteiger charge is 2.49. The zero-order valence-corrected chi connectivity index (χ0v) is 13.3. The average molecular weight is 296 g/mol. The maximum atomic E-state index is 11.6. The van der Waals surface area contributed by atoms with Crippen LogP contribution in [0.5, 0.6) is 0 Å². The summed E-state index contributed by atoms with van der Waals surface area (Å²) in [5, 5.41) is 0. The van der Waals surface area contributed by atoms with E-state index < -0.39 is 0 Å². The fourth-order valence-electron chi connectivity index (χ4n) is 3.89. The van der Waals surface area contributed by atoms with E-state index in [1.54, 1.807) is 19.0 Å². The SMILES string of the molecule is CN(C)C(=O)CO[C@@H]1CCOC2(C1)CN(C1CCCC1)C2. The van der Waals surface area contributed by atoms with Gasteiger partial charge in [0.25, 0.3) is 0 Å². The first-order chi connectivity index (χ1) is 10.1. The van der Waals surface area contributed by atoms with Gasteiger partial charge in [-0.25, -0.2) is 0 Å². The molecule has 3 fully saturated rings. The molecule has 1 amide bonds. The van der Waals surface area contributed by atoms with Crippen molar-refractivity contribution in [2.24, 2.45) is 0 Å². The van der Waals surface area contributed by atoms with Crippen molar-refractivity contribution >= 4 is 5.91 Å². The van der Waals surface area contributed by atoms with E-state index in [1.807, 2.05) is 0 Å². The minimum atomic E-state index is 0.00662. The minimum absolute atomic E-state index is 0.00662. The molecular weight excluding hydrogens is 268 g/mol. The molecule has 2 heterocycles. The molecule has 1 saturated carbocycles. The van der Waals surface area contributed by atoms with Gasteiger partial charge in [0.1, 0.15) is 6.61 Å². The number of carbonyl (C=O) groups excluding carboxylic acids is 1. The van der Waals surface area contributed by atoms with E-state index in [0.29, 0.717) is 0 Å². The number of hydrogen-bond donors (Lipinski definition) is 0. The molecule has 0 aromatic carbocycles. The van der Waals surface area contributed by atoms with Crippen molar-refractivity contribution in [3.8, 4) is 0 Å². The molecule has 0 aromatic rings. The van der Waals surface area contributed by atoms with Crippen LogP contribution < -0.4 is 0 Å². The van der Waals surface area contributed by atoms with Crippen molar-refractivity contribution in [3.63, 3.8) is 0 Å². The zero-order valence-electron chi connectivity index (χ0n) is 13.3. The van der Waals surface area contributed by atoms with E-state index in [0.717, 1.165) is 38.6 Å². The summed E-state index contributed by atoms with van der Waals surface area (Å²) in [4.78, 5) is 15.8. The van der Waals surface area contributed by atoms with Crippen LogP contribution in [0.1, 0.15) is 38.5 Å². The van der Waals surface area contributed by atoms with E-state index in [9.17, 15) is 4.79 Å². The highest BCUT2D eigenvalue weighted by Crippen LogP contribution is 2.39. The summed E-state index contributed by atoms with van der Waals surface area (Å²) < 4.78 is 11.9. The van der Waals surface area contributed by atoms with E-state index in [-0.39, 0.29) is 24.2 Å². The first kappa shape index (κ1) is 15.3. The maximum absolute atomic E-state index is 11.6. The van der Waals surface area contributed by atoms with Gasteiger partial charge in [-0.2, -0.15) is 0 Å². The lowest BCUT2D eigenvalue weighted by Crippen LogP contribution is -2.67. The monoisotopic (exact) mass is 296 g/mol. The summed E-state index contributed by atoms with van der Waals surface area (Å²) in [5.41, 5.74) is 0.00662. The van der Waals surface area contributed by atoms with E-state index >= 15 is 0 Å². The van der Waals surface area contributed by atoms with Crippen LogP contribution in [0.4, 0.5) is 0 Å². The molecule has 1 aliphatic carbocycles. The van der Waals surface area contributed by atoms with Gasteiger partial charge in [-0.3, -0.25) is 9.69 Å². The Morgan fingerprint density at radius 2 is 2.00 bits per heavy atom. The second-order valence-corrected chi connectivity index (χ2v) is 7.09. The highest BCUT2D eigenvalue weighted by atomic mass is 16.5. The van der Waals surface area contributed by atoms with Crippen LogP contribution >= 0.6 is 0 Å². The number of nitrogens with zero attached hydrogens (tertiary/aromatic N) is 2. The number of ether oxygens (including phenoxy) is 2. The van der Waals surface area contributed by atoms with Gasteiger partial charge in [0.05, 0.1) is 11.7 Å². The molecule has 5 nitrogen and oxygen atoms in total. The number of carbonyl (C=O) groups is 1. The standard InChI is InChI=1S/C16H28N2O3/c1-17(2)15(19)10-20-14-7-8-21-16(9-14)11-18(12-16)13-5-3-4-6-13/h13-14H,3-12H2,1-2H3/t14-/m1/s1. The Kier molecular flexibility index (Phi) is 4.52. The van der Waals surface area contributed by atoms with Crippen molar-refractivity contribution in [2.45, 2.75) is 56.3 Å². The Morgan fingerprint density at radius 3 is 2.67 bits per heavy atom. The lowest BCUT2D eigenvalue weighted by atomic mass is 9.83. The molecule has 21 heavy (non-hydrogen) atoms. The van der Waals surface area contributed by atoms with Crippen molar-refractivity contribution in [1.82, 2.24) is 9.80 Å². The highest BCUT2D eigenvalue weighted by molar-refractivity contribution is 5.76. The Bertz CT molecular complexity index is 374. The molecular formula is C16H28N2O3. The summed E-state index contributed by atoms with van der Waals surface area (Å²) in [7, 11) is 3.53. The first-order valence-corrected chi connectivity index (χ1v) is 8.28. The largest absolute Gasteiger partial charge is 0.372 e. The van der Waals surface area contributed by atoms with Crippen molar-refractivity contribution < 1.29 is 14.3 Å². The van der Waals surface area contributed by atoms with Crippen LogP contribution in [0.3, 0.4) is 0 Å². The third-order valence-electron chi connectivity index (χ3n) is 5.21. The van der Waals surface area contributed by atoms with Gasteiger partial charge in [0, 0.05) is 46.3 Å². The Labute approximate surface area is 127 Å². The third-order valence-corrected chi connectivity index (χ3v) is 5.21. The summed E-state index contributed by atoms with van der Waals surface area (Å²) in [6.07, 6.45) is 7.50. The van der Waals surface area contributed by atoms with Gasteiger partial charge >= 0.3 is 0 Å². The molecule has 3 aliphatic rings. The number of hydrogen-bond acceptors (Lipinski definition) is 4. The summed E-state index contributed by atoms with van der Waals surface area (Å²) in [5.74, 6) is 0.0386. The lowest BCUT2D eigenvalue weighted by Gasteiger charge is -2.55. The number of rotatable bonds is 4. The summed E-state index contributed by atoms with van der Waals surface area (Å²) >= 11 is 0. The maximum Gasteiger partial charge on any atom is 0.248 e. The quantitative estimate of drug-likeness (QED) is 0.783. The topological polar surface area (TPSA) is 42.0 Å². The van der Waals surface area contributed by atoms with Crippen LogP contribution in [0.15, 0.2) is 0 Å². The minimum Gasteiger partial charge on any atom is -0.372 e. The average Bonchev–Trinajstić information content (AvgIpc) is 2.96. The summed E-state index contributed by atoms with van der Waals surface area (Å²) in [6, 6.07) is 0.788. The number of likely N-dealkylation sites (tertiary alicyclic amines) is 1. The predicted molar refractivity (Wildman–Crippen MR) is 80.2 cm³/mol. The number of likely N-dealkylation sites (N-methyl/N-ethyl adjacent to an activating group) is 1. The van der Waals surface area contributed by atoms with Crippen LogP contribution in [-0.4, -0.2) is 73.9 Å². The van der Waals surface area contributed by atoms with E-state index in [4.69, 9.17) is 9.47 Å². The van der Waals surface area contributed by atoms with Gasteiger partial charge in [-0.15, -0.1) is 0 Å². The van der Waals surface area contributed by atoms with Gasteiger partial charge in [0.2, 0.25) is 5.91 Å². The van der Waals surface area contributed by atoms with Gasteiger partial charge in [0.15, 0.2) is 0 Å². The fourth-order valence-corrected chi connectivity index (χ4v) is 3.89. The van der Waals surface area contributed by atoms with E-state index in [2.05, 4.69) is 4.90 Å². The molecule has 2 aliphatic heterocycles. The normalized spacial score (nSPS) is 29.5. The Morgan fingerprint density at radius 1 is 1.29 bits per heavy atom. The second-order valence-electron chi connectivity index (χ2n) is 7.09. The van der Waals surface area contributed by atoms with Crippen molar-refractivity contribution in [1.29, 1.82) is 0 Å². The molecule has 1 spiro atoms. The van der Waals surface area contributed by atoms with Crippen LogP contribution in [0.2, 0.25) is 0 Å². The Balaban J connectivity index is 1.45. The van der Waals surface area contributed by atoms with Gasteiger partial charge in [-0.05, 0) is 19.3 Å². The molecule has 0 aromatic heterocycles. The molecule has 0 N–H and O–H groups in total. The molecule has 0 unspecified atom stereocenters. The molecule has 0 bridgehead atoms. The molecule has 2 saturated heterocycles. The Hall–Kier alpha value is -0.650. The predicted octanol–water partition coefficient (Wildman–Crippen LogP) is 1.27. The molecule has 0 radical (unpaired) electrons. The van der Waals surface area contributed by atoms with Crippen LogP contribution in [0.25, 0.3) is 0 Å². The van der Waals surface area contributed by atoms with Crippen molar-refractivity contribution in [2.75, 3.05) is 40.4 Å². The zero-order chi connectivity index (χ0) is 14.9. The van der Waals surface area contributed by atoms with Crippen LogP contribution in [0, 0.1) is 0 Å². The third kappa shape index (κ3) is 3.41. The van der Waals surface area contributed by atoms with Crippen molar-refractivity contribution in [3.05, 3.63) is 0 Å².